The van der Waals surface area contributed by atoms with E-state index in [0.29, 0.717) is 6.42 Å². The number of ether oxygens (including phenoxy) is 1. The lowest BCUT2D eigenvalue weighted by molar-refractivity contribution is -0.140. The maximum atomic E-state index is 11.4. The van der Waals surface area contributed by atoms with Gasteiger partial charge in [0.05, 0.1) is 13.8 Å². The molecule has 0 spiro atoms. The highest BCUT2D eigenvalue weighted by Crippen LogP contribution is 2.22. The van der Waals surface area contributed by atoms with Gasteiger partial charge in [-0.1, -0.05) is 259 Å². The number of hydrogen-bond acceptors (Lipinski definition) is 6. The number of methoxy groups -OCH3 is 1. The lowest BCUT2D eigenvalue weighted by atomic mass is 9.94. The minimum Gasteiger partial charge on any atom is -0.469 e. The topological polar surface area (TPSA) is 39.3 Å². The zero-order valence-corrected chi connectivity index (χ0v) is 49.0. The number of esters is 1. The summed E-state index contributed by atoms with van der Waals surface area (Å²) in [7, 11) is 1.50. The minimum atomic E-state index is -0.0557. The van der Waals surface area contributed by atoms with Crippen LogP contribution in [0.3, 0.4) is 0 Å². The third-order valence-corrected chi connectivity index (χ3v) is 16.2. The maximum Gasteiger partial charge on any atom is 0.305 e. The molecule has 0 saturated carbocycles. The Hall–Kier alpha value is -0.690. The molecule has 6 heteroatoms. The van der Waals surface area contributed by atoms with Crippen LogP contribution in [0.1, 0.15) is 323 Å². The Morgan fingerprint density at radius 1 is 0.386 bits per heavy atom. The summed E-state index contributed by atoms with van der Waals surface area (Å²) in [4.78, 5) is 23.0. The van der Waals surface area contributed by atoms with Crippen molar-refractivity contribution in [3.05, 3.63) is 0 Å². The summed E-state index contributed by atoms with van der Waals surface area (Å²) >= 11 is 0. The van der Waals surface area contributed by atoms with E-state index >= 15 is 0 Å². The molecule has 0 amide bonds. The number of hydrogen-bond donors (Lipinski definition) is 0. The van der Waals surface area contributed by atoms with Gasteiger partial charge in [-0.3, -0.25) is 14.6 Å². The molecule has 6 nitrogen and oxygen atoms in total. The SMILES string of the molecule is CCCCCCCCCCCCCCN(CCCCCCCCCCCC(=O)OC)CCC1CCCN(CN(CCCCCCCCC)CCN(CCCCCCCCC)CCCCCCCCC)C1. The minimum absolute atomic E-state index is 0.0557. The molecule has 1 aliphatic heterocycles. The van der Waals surface area contributed by atoms with Gasteiger partial charge in [0.1, 0.15) is 0 Å². The molecule has 0 bridgehead atoms. The van der Waals surface area contributed by atoms with Gasteiger partial charge in [-0.25, -0.2) is 0 Å². The molecule has 1 rings (SSSR count). The zero-order valence-electron chi connectivity index (χ0n) is 49.0. The summed E-state index contributed by atoms with van der Waals surface area (Å²) in [5, 5.41) is 0. The fourth-order valence-corrected chi connectivity index (χ4v) is 11.4. The summed E-state index contributed by atoms with van der Waals surface area (Å²) in [6.45, 7) is 23.6. The molecule has 0 aromatic carbocycles. The molecular formula is C64H130N4O2. The smallest absolute Gasteiger partial charge is 0.305 e. The molecule has 1 aliphatic rings. The summed E-state index contributed by atoms with van der Waals surface area (Å²) < 4.78 is 4.80. The van der Waals surface area contributed by atoms with Gasteiger partial charge in [0.25, 0.3) is 0 Å². The van der Waals surface area contributed by atoms with E-state index in [9.17, 15) is 4.79 Å². The highest BCUT2D eigenvalue weighted by Gasteiger charge is 2.23. The van der Waals surface area contributed by atoms with E-state index in [0.717, 1.165) is 18.8 Å². The molecule has 0 aromatic rings. The Labute approximate surface area is 441 Å². The first kappa shape index (κ1) is 67.3. The molecule has 1 atom stereocenters. The second-order valence-electron chi connectivity index (χ2n) is 23.1. The van der Waals surface area contributed by atoms with Gasteiger partial charge >= 0.3 is 5.97 Å². The first-order valence-electron chi connectivity index (χ1n) is 32.5. The number of nitrogens with zero attached hydrogens (tertiary/aromatic N) is 4. The van der Waals surface area contributed by atoms with Gasteiger partial charge in [-0.2, -0.15) is 0 Å². The van der Waals surface area contributed by atoms with Gasteiger partial charge in [-0.15, -0.1) is 0 Å². The van der Waals surface area contributed by atoms with Gasteiger partial charge in [-0.05, 0) is 110 Å². The van der Waals surface area contributed by atoms with Gasteiger partial charge in [0, 0.05) is 26.1 Å². The Kier molecular flexibility index (Phi) is 52.5. The largest absolute Gasteiger partial charge is 0.469 e. The summed E-state index contributed by atoms with van der Waals surface area (Å²) in [5.41, 5.74) is 0. The Bertz CT molecular complexity index is 1010. The van der Waals surface area contributed by atoms with Crippen molar-refractivity contribution < 1.29 is 9.53 Å². The highest BCUT2D eigenvalue weighted by atomic mass is 16.5. The monoisotopic (exact) mass is 987 g/mol. The summed E-state index contributed by atoms with van der Waals surface area (Å²) in [6, 6.07) is 0. The molecule has 70 heavy (non-hydrogen) atoms. The van der Waals surface area contributed by atoms with E-state index in [1.54, 1.807) is 0 Å². The highest BCUT2D eigenvalue weighted by molar-refractivity contribution is 5.68. The van der Waals surface area contributed by atoms with Crippen LogP contribution in [0.5, 0.6) is 0 Å². The Balaban J connectivity index is 2.76. The fourth-order valence-electron chi connectivity index (χ4n) is 11.4. The Morgan fingerprint density at radius 3 is 1.04 bits per heavy atom. The van der Waals surface area contributed by atoms with Crippen molar-refractivity contribution in [2.45, 2.75) is 323 Å². The van der Waals surface area contributed by atoms with Crippen LogP contribution in [0.25, 0.3) is 0 Å². The van der Waals surface area contributed by atoms with Crippen molar-refractivity contribution in [3.63, 3.8) is 0 Å². The first-order valence-corrected chi connectivity index (χ1v) is 32.5. The fraction of sp³-hybridized carbons (Fsp3) is 0.984. The summed E-state index contributed by atoms with van der Waals surface area (Å²) in [5.74, 6) is 0.803. The van der Waals surface area contributed by atoms with Gasteiger partial charge in [0.15, 0.2) is 0 Å². The maximum absolute atomic E-state index is 11.4. The van der Waals surface area contributed by atoms with Crippen LogP contribution < -0.4 is 0 Å². The van der Waals surface area contributed by atoms with Crippen LogP contribution in [0.4, 0.5) is 0 Å². The number of piperidine rings is 1. The van der Waals surface area contributed by atoms with Crippen molar-refractivity contribution in [2.24, 2.45) is 5.92 Å². The molecule has 418 valence electrons. The second-order valence-corrected chi connectivity index (χ2v) is 23.1. The van der Waals surface area contributed by atoms with Crippen molar-refractivity contribution >= 4 is 5.97 Å². The molecule has 0 radical (unpaired) electrons. The molecule has 0 N–H and O–H groups in total. The predicted octanol–water partition coefficient (Wildman–Crippen LogP) is 19.0. The van der Waals surface area contributed by atoms with Crippen LogP contribution in [0.15, 0.2) is 0 Å². The number of carbonyl (C=O) groups is 1. The molecule has 1 saturated heterocycles. The molecule has 0 aromatic heterocycles. The third-order valence-electron chi connectivity index (χ3n) is 16.2. The van der Waals surface area contributed by atoms with E-state index in [1.165, 1.54) is 355 Å². The van der Waals surface area contributed by atoms with Gasteiger partial charge < -0.3 is 14.5 Å². The summed E-state index contributed by atoms with van der Waals surface area (Å²) in [6.07, 6.45) is 63.3. The van der Waals surface area contributed by atoms with E-state index in [-0.39, 0.29) is 5.97 Å². The van der Waals surface area contributed by atoms with E-state index in [1.807, 2.05) is 0 Å². The Morgan fingerprint density at radius 2 is 0.686 bits per heavy atom. The normalized spacial score (nSPS) is 14.5. The molecule has 1 heterocycles. The van der Waals surface area contributed by atoms with Crippen molar-refractivity contribution in [3.8, 4) is 0 Å². The molecular weight excluding hydrogens is 857 g/mol. The first-order chi connectivity index (χ1) is 34.6. The van der Waals surface area contributed by atoms with E-state index in [2.05, 4.69) is 47.3 Å². The van der Waals surface area contributed by atoms with Crippen molar-refractivity contribution in [1.82, 2.24) is 19.6 Å². The van der Waals surface area contributed by atoms with Crippen LogP contribution in [0.2, 0.25) is 0 Å². The van der Waals surface area contributed by atoms with E-state index in [4.69, 9.17) is 4.74 Å². The standard InChI is InChI=1S/C64H130N4O2/c1-6-10-14-18-22-23-24-25-28-34-39-43-52-65(53-44-40-35-29-26-27-30-36-42-50-64(69)70-5)58-51-63-49-48-57-68(61-63)62-67(56-47-41-33-21-17-13-9-4)60-59-66(54-45-37-31-19-15-11-7-2)55-46-38-32-20-16-12-8-3/h63H,6-62H2,1-5H3. The average molecular weight is 988 g/mol. The van der Waals surface area contributed by atoms with Crippen LogP contribution >= 0.6 is 0 Å². The quantitative estimate of drug-likeness (QED) is 0.0447. The molecule has 1 fully saturated rings. The number of likely N-dealkylation sites (tertiary alicyclic amines) is 1. The van der Waals surface area contributed by atoms with Gasteiger partial charge in [0.2, 0.25) is 0 Å². The lowest BCUT2D eigenvalue weighted by Crippen LogP contribution is -2.46. The molecule has 0 aliphatic carbocycles. The van der Waals surface area contributed by atoms with Crippen LogP contribution in [-0.2, 0) is 9.53 Å². The predicted molar refractivity (Wildman–Crippen MR) is 311 cm³/mol. The van der Waals surface area contributed by atoms with Crippen LogP contribution in [0, 0.1) is 5.92 Å². The third kappa shape index (κ3) is 45.9. The number of carbonyl (C=O) groups excluding carboxylic acids is 1. The number of unbranched alkanes of at least 4 members (excludes halogenated alkanes) is 37. The second kappa shape index (κ2) is 54.6. The zero-order chi connectivity index (χ0) is 50.5. The van der Waals surface area contributed by atoms with Crippen molar-refractivity contribution in [1.29, 1.82) is 0 Å². The van der Waals surface area contributed by atoms with Crippen LogP contribution in [-0.4, -0.2) is 105 Å². The molecule has 1 unspecified atom stereocenters. The van der Waals surface area contributed by atoms with E-state index < -0.39 is 0 Å². The number of rotatable bonds is 57. The lowest BCUT2D eigenvalue weighted by Gasteiger charge is -2.38. The van der Waals surface area contributed by atoms with Crippen molar-refractivity contribution in [2.75, 3.05) is 79.2 Å². The average Bonchev–Trinajstić information content (AvgIpc) is 3.37.